The molecule has 4 N–H and O–H groups in total. The summed E-state index contributed by atoms with van der Waals surface area (Å²) in [6, 6.07) is 0. The molecule has 0 bridgehead atoms. The van der Waals surface area contributed by atoms with Crippen molar-refractivity contribution < 1.29 is 39.5 Å². The van der Waals surface area contributed by atoms with Gasteiger partial charge in [0.25, 0.3) is 0 Å². The first-order chi connectivity index (χ1) is 24.2. The Balaban J connectivity index is 2.10. The number of aliphatic hydroxyl groups is 4. The Hall–Kier alpha value is -1.74. The Labute approximate surface area is 305 Å². The van der Waals surface area contributed by atoms with E-state index in [0.29, 0.717) is 19.3 Å². The second-order valence-corrected chi connectivity index (χ2v) is 15.2. The van der Waals surface area contributed by atoms with E-state index in [9.17, 15) is 30.0 Å². The van der Waals surface area contributed by atoms with Gasteiger partial charge in [0.05, 0.1) is 31.3 Å². The van der Waals surface area contributed by atoms with Gasteiger partial charge < -0.3 is 29.9 Å². The molecule has 1 aliphatic carbocycles. The number of ether oxygens (including phenoxy) is 2. The molecular formula is C42H76O8. The number of rotatable bonds is 32. The molecule has 0 spiro atoms. The number of carbonyl (C=O) groups excluding carboxylic acids is 2. The van der Waals surface area contributed by atoms with Crippen molar-refractivity contribution in [1.82, 2.24) is 0 Å². The summed E-state index contributed by atoms with van der Waals surface area (Å²) < 4.78 is 10.5. The Morgan fingerprint density at radius 3 is 1.86 bits per heavy atom. The first-order valence-corrected chi connectivity index (χ1v) is 20.5. The van der Waals surface area contributed by atoms with E-state index in [0.717, 1.165) is 44.4 Å². The van der Waals surface area contributed by atoms with E-state index in [2.05, 4.69) is 20.8 Å². The van der Waals surface area contributed by atoms with Crippen LogP contribution in [0.1, 0.15) is 175 Å². The third kappa shape index (κ3) is 24.4. The predicted octanol–water partition coefficient (Wildman–Crippen LogP) is 8.91. The van der Waals surface area contributed by atoms with Gasteiger partial charge in [0.2, 0.25) is 0 Å². The van der Waals surface area contributed by atoms with Crippen LogP contribution in [0.4, 0.5) is 0 Å². The number of hydrogen-bond donors (Lipinski definition) is 4. The minimum Gasteiger partial charge on any atom is -0.461 e. The summed E-state index contributed by atoms with van der Waals surface area (Å²) in [4.78, 5) is 24.5. The first-order valence-electron chi connectivity index (χ1n) is 20.5. The molecule has 0 unspecified atom stereocenters. The van der Waals surface area contributed by atoms with E-state index in [1.165, 1.54) is 83.5 Å². The van der Waals surface area contributed by atoms with Crippen molar-refractivity contribution in [2.75, 3.05) is 13.2 Å². The van der Waals surface area contributed by atoms with Crippen molar-refractivity contribution >= 4 is 11.9 Å². The zero-order chi connectivity index (χ0) is 36.8. The monoisotopic (exact) mass is 709 g/mol. The molecule has 0 aromatic carbocycles. The molecule has 292 valence electrons. The summed E-state index contributed by atoms with van der Waals surface area (Å²) in [5, 5.41) is 40.7. The standard InChI is InChI=1S/C42H76O8/c1-4-5-19-25-35(44)29-30-38-37(39(45)31-40(38)46)26-22-23-27-41(47)49-33-36(32-43)50-42(48)28-21-18-16-14-12-10-8-6-7-9-11-13-15-17-20-24-34(2)3/h22-23,29-30,34-40,43-46H,4-21,24-28,31-33H2,1-3H3/b23-22-,30-29+/t35-,36+,37+,38-,39+,40-/m1/s1. The molecule has 0 aliphatic heterocycles. The van der Waals surface area contributed by atoms with Crippen LogP contribution in [0.2, 0.25) is 0 Å². The van der Waals surface area contributed by atoms with E-state index in [-0.39, 0.29) is 37.3 Å². The van der Waals surface area contributed by atoms with E-state index >= 15 is 0 Å². The zero-order valence-corrected chi connectivity index (χ0v) is 32.2. The molecule has 50 heavy (non-hydrogen) atoms. The van der Waals surface area contributed by atoms with Crippen LogP contribution in [0.5, 0.6) is 0 Å². The number of allylic oxidation sites excluding steroid dienone is 1. The second-order valence-electron chi connectivity index (χ2n) is 15.2. The highest BCUT2D eigenvalue weighted by Crippen LogP contribution is 2.36. The van der Waals surface area contributed by atoms with Crippen LogP contribution in [-0.2, 0) is 19.1 Å². The molecule has 0 saturated heterocycles. The maximum atomic E-state index is 12.2. The van der Waals surface area contributed by atoms with E-state index in [1.54, 1.807) is 18.2 Å². The van der Waals surface area contributed by atoms with Crippen LogP contribution < -0.4 is 0 Å². The van der Waals surface area contributed by atoms with Crippen molar-refractivity contribution in [3.8, 4) is 0 Å². The van der Waals surface area contributed by atoms with Crippen molar-refractivity contribution in [2.24, 2.45) is 17.8 Å². The van der Waals surface area contributed by atoms with Gasteiger partial charge in [0, 0.05) is 18.8 Å². The molecule has 0 heterocycles. The van der Waals surface area contributed by atoms with Crippen molar-refractivity contribution in [2.45, 2.75) is 199 Å². The first kappa shape index (κ1) is 46.3. The highest BCUT2D eigenvalue weighted by atomic mass is 16.6. The smallest absolute Gasteiger partial charge is 0.309 e. The minimum atomic E-state index is -0.884. The minimum absolute atomic E-state index is 0.00684. The summed E-state index contributed by atoms with van der Waals surface area (Å²) in [7, 11) is 0. The molecular weight excluding hydrogens is 632 g/mol. The maximum absolute atomic E-state index is 12.2. The van der Waals surface area contributed by atoms with Crippen molar-refractivity contribution in [1.29, 1.82) is 0 Å². The van der Waals surface area contributed by atoms with E-state index in [1.807, 2.05) is 6.08 Å². The van der Waals surface area contributed by atoms with Gasteiger partial charge in [-0.1, -0.05) is 161 Å². The molecule has 1 saturated carbocycles. The highest BCUT2D eigenvalue weighted by Gasteiger charge is 2.39. The molecule has 0 aromatic heterocycles. The van der Waals surface area contributed by atoms with Gasteiger partial charge >= 0.3 is 11.9 Å². The van der Waals surface area contributed by atoms with Gasteiger partial charge in [0.1, 0.15) is 6.61 Å². The summed E-state index contributed by atoms with van der Waals surface area (Å²) in [6.45, 7) is 6.11. The number of hydrogen-bond acceptors (Lipinski definition) is 8. The summed E-state index contributed by atoms with van der Waals surface area (Å²) >= 11 is 0. The maximum Gasteiger partial charge on any atom is 0.309 e. The lowest BCUT2D eigenvalue weighted by molar-refractivity contribution is -0.161. The van der Waals surface area contributed by atoms with E-state index in [4.69, 9.17) is 9.47 Å². The summed E-state index contributed by atoms with van der Waals surface area (Å²) in [5.74, 6) is -0.525. The van der Waals surface area contributed by atoms with Gasteiger partial charge in [-0.15, -0.1) is 0 Å². The van der Waals surface area contributed by atoms with E-state index < -0.39 is 37.0 Å². The molecule has 8 heteroatoms. The van der Waals surface area contributed by atoms with Crippen LogP contribution >= 0.6 is 0 Å². The average Bonchev–Trinajstić information content (AvgIpc) is 3.36. The quantitative estimate of drug-likeness (QED) is 0.0309. The van der Waals surface area contributed by atoms with Crippen molar-refractivity contribution in [3.63, 3.8) is 0 Å². The lowest BCUT2D eigenvalue weighted by Gasteiger charge is -2.19. The lowest BCUT2D eigenvalue weighted by Crippen LogP contribution is -2.28. The SMILES string of the molecule is CCCCC[C@@H](O)/C=C/[C@@H]1[C@H](C/C=C\CC(=O)OC[C@H](CO)OC(=O)CCCCCCCCCCCCCCCCCC(C)C)[C@@H](O)C[C@H]1O. The fourth-order valence-electron chi connectivity index (χ4n) is 6.83. The third-order valence-corrected chi connectivity index (χ3v) is 10.0. The molecule has 1 fully saturated rings. The normalized spacial score (nSPS) is 20.6. The van der Waals surface area contributed by atoms with Crippen LogP contribution in [0.15, 0.2) is 24.3 Å². The number of carbonyl (C=O) groups is 2. The predicted molar refractivity (Wildman–Crippen MR) is 203 cm³/mol. The van der Waals surface area contributed by atoms with Gasteiger partial charge in [-0.3, -0.25) is 9.59 Å². The second kappa shape index (κ2) is 30.8. The van der Waals surface area contributed by atoms with Crippen LogP contribution in [0.3, 0.4) is 0 Å². The highest BCUT2D eigenvalue weighted by molar-refractivity contribution is 5.71. The molecule has 8 nitrogen and oxygen atoms in total. The molecule has 1 aliphatic rings. The Bertz CT molecular complexity index is 887. The molecule has 1 rings (SSSR count). The lowest BCUT2D eigenvalue weighted by atomic mass is 9.89. The number of aliphatic hydroxyl groups excluding tert-OH is 4. The zero-order valence-electron chi connectivity index (χ0n) is 32.2. The average molecular weight is 709 g/mol. The van der Waals surface area contributed by atoms with Crippen molar-refractivity contribution in [3.05, 3.63) is 24.3 Å². The fourth-order valence-corrected chi connectivity index (χ4v) is 6.83. The molecule has 6 atom stereocenters. The third-order valence-electron chi connectivity index (χ3n) is 10.0. The van der Waals surface area contributed by atoms with Gasteiger partial charge in [-0.05, 0) is 31.1 Å². The summed E-state index contributed by atoms with van der Waals surface area (Å²) in [5.41, 5.74) is 0. The number of esters is 2. The van der Waals surface area contributed by atoms with Crippen LogP contribution in [-0.4, -0.2) is 70.0 Å². The Morgan fingerprint density at radius 2 is 1.30 bits per heavy atom. The molecule has 0 amide bonds. The largest absolute Gasteiger partial charge is 0.461 e. The Kier molecular flexibility index (Phi) is 28.6. The Morgan fingerprint density at radius 1 is 0.740 bits per heavy atom. The molecule has 0 aromatic rings. The van der Waals surface area contributed by atoms with Crippen LogP contribution in [0.25, 0.3) is 0 Å². The molecule has 0 radical (unpaired) electrons. The number of unbranched alkanes of at least 4 members (excludes halogenated alkanes) is 16. The van der Waals surface area contributed by atoms with Gasteiger partial charge in [-0.2, -0.15) is 0 Å². The topological polar surface area (TPSA) is 134 Å². The van der Waals surface area contributed by atoms with Gasteiger partial charge in [-0.25, -0.2) is 0 Å². The van der Waals surface area contributed by atoms with Gasteiger partial charge in [0.15, 0.2) is 6.10 Å². The summed E-state index contributed by atoms with van der Waals surface area (Å²) in [6.07, 6.45) is 29.4. The van der Waals surface area contributed by atoms with Crippen LogP contribution in [0, 0.1) is 17.8 Å². The fraction of sp³-hybridized carbons (Fsp3) is 0.857.